The van der Waals surface area contributed by atoms with Gasteiger partial charge in [0.15, 0.2) is 5.82 Å². The molecule has 6 heteroatoms. The Morgan fingerprint density at radius 3 is 2.39 bits per heavy atom. The number of nitrogens with zero attached hydrogens (tertiary/aromatic N) is 3. The largest absolute Gasteiger partial charge is 0.478 e. The maximum atomic E-state index is 11.0. The van der Waals surface area contributed by atoms with Crippen LogP contribution >= 0.6 is 11.6 Å². The van der Waals surface area contributed by atoms with E-state index in [2.05, 4.69) is 15.0 Å². The number of aryl methyl sites for hydroxylation is 2. The molecule has 0 aromatic carbocycles. The molecule has 2 aromatic heterocycles. The van der Waals surface area contributed by atoms with Crippen molar-refractivity contribution in [1.29, 1.82) is 0 Å². The van der Waals surface area contributed by atoms with Gasteiger partial charge in [0.1, 0.15) is 11.3 Å². The minimum Gasteiger partial charge on any atom is -0.478 e. The molecule has 0 saturated carbocycles. The molecule has 0 saturated heterocycles. The van der Waals surface area contributed by atoms with Gasteiger partial charge in [-0.25, -0.2) is 14.8 Å². The summed E-state index contributed by atoms with van der Waals surface area (Å²) in [6.07, 6.45) is 1.58. The van der Waals surface area contributed by atoms with Crippen LogP contribution in [0.5, 0.6) is 0 Å². The molecule has 0 spiro atoms. The summed E-state index contributed by atoms with van der Waals surface area (Å²) >= 11 is 6.01. The first-order valence-electron chi connectivity index (χ1n) is 5.20. The fourth-order valence-electron chi connectivity index (χ4n) is 1.68. The van der Waals surface area contributed by atoms with Gasteiger partial charge >= 0.3 is 5.97 Å². The van der Waals surface area contributed by atoms with Crippen molar-refractivity contribution in [1.82, 2.24) is 15.0 Å². The van der Waals surface area contributed by atoms with Gasteiger partial charge < -0.3 is 5.11 Å². The molecule has 0 aliphatic heterocycles. The van der Waals surface area contributed by atoms with Crippen molar-refractivity contribution >= 4 is 17.6 Å². The van der Waals surface area contributed by atoms with E-state index >= 15 is 0 Å². The quantitative estimate of drug-likeness (QED) is 0.901. The Balaban J connectivity index is 2.62. The maximum absolute atomic E-state index is 11.0. The van der Waals surface area contributed by atoms with Crippen molar-refractivity contribution < 1.29 is 9.90 Å². The third-order valence-corrected chi connectivity index (χ3v) is 2.76. The summed E-state index contributed by atoms with van der Waals surface area (Å²) in [6, 6.07) is 3.39. The first kappa shape index (κ1) is 12.4. The van der Waals surface area contributed by atoms with Crippen LogP contribution in [-0.4, -0.2) is 26.0 Å². The molecule has 0 aliphatic carbocycles. The van der Waals surface area contributed by atoms with E-state index in [0.717, 1.165) is 0 Å². The summed E-state index contributed by atoms with van der Waals surface area (Å²) in [6.45, 7) is 3.25. The Morgan fingerprint density at radius 2 is 1.89 bits per heavy atom. The highest BCUT2D eigenvalue weighted by Crippen LogP contribution is 2.23. The number of rotatable bonds is 2. The Morgan fingerprint density at radius 1 is 1.28 bits per heavy atom. The van der Waals surface area contributed by atoms with Crippen molar-refractivity contribution in [2.24, 2.45) is 0 Å². The van der Waals surface area contributed by atoms with E-state index in [1.165, 1.54) is 0 Å². The van der Waals surface area contributed by atoms with Crippen molar-refractivity contribution in [2.45, 2.75) is 13.8 Å². The predicted molar refractivity (Wildman–Crippen MR) is 66.7 cm³/mol. The van der Waals surface area contributed by atoms with Crippen LogP contribution in [-0.2, 0) is 0 Å². The highest BCUT2D eigenvalue weighted by Gasteiger charge is 2.17. The minimum atomic E-state index is -1.04. The summed E-state index contributed by atoms with van der Waals surface area (Å²) in [4.78, 5) is 23.4. The van der Waals surface area contributed by atoms with Gasteiger partial charge in [-0.15, -0.1) is 0 Å². The van der Waals surface area contributed by atoms with Crippen molar-refractivity contribution in [3.05, 3.63) is 40.3 Å². The van der Waals surface area contributed by atoms with Gasteiger partial charge in [-0.3, -0.25) is 4.98 Å². The average molecular weight is 264 g/mol. The number of aromatic nitrogens is 3. The van der Waals surface area contributed by atoms with Crippen LogP contribution in [0.3, 0.4) is 0 Å². The number of carbonyl (C=O) groups is 1. The summed E-state index contributed by atoms with van der Waals surface area (Å²) in [7, 11) is 0. The topological polar surface area (TPSA) is 76.0 Å². The molecule has 0 amide bonds. The number of aromatic carboxylic acids is 1. The zero-order valence-corrected chi connectivity index (χ0v) is 10.6. The number of pyridine rings is 1. The molecule has 2 heterocycles. The third kappa shape index (κ3) is 2.17. The molecule has 2 rings (SSSR count). The maximum Gasteiger partial charge on any atom is 0.339 e. The molecule has 0 aliphatic rings. The Hall–Kier alpha value is -2.01. The number of halogens is 1. The first-order valence-corrected chi connectivity index (χ1v) is 5.58. The van der Waals surface area contributed by atoms with Crippen molar-refractivity contribution in [2.75, 3.05) is 0 Å². The molecule has 0 fully saturated rings. The minimum absolute atomic E-state index is 0.116. The van der Waals surface area contributed by atoms with Crippen LogP contribution in [0.15, 0.2) is 18.3 Å². The van der Waals surface area contributed by atoms with E-state index in [1.54, 1.807) is 32.2 Å². The Kier molecular flexibility index (Phi) is 3.25. The molecule has 2 aromatic rings. The van der Waals surface area contributed by atoms with Gasteiger partial charge in [-0.1, -0.05) is 11.6 Å². The standard InChI is InChI=1S/C12H10ClN3O2/c1-6-9(12(17)18)7(2)16-11(15-6)10-8(13)4-3-5-14-10/h3-5H,1-2H3,(H,17,18). The molecule has 92 valence electrons. The number of hydrogen-bond acceptors (Lipinski definition) is 4. The van der Waals surface area contributed by atoms with E-state index in [-0.39, 0.29) is 5.56 Å². The highest BCUT2D eigenvalue weighted by molar-refractivity contribution is 6.32. The van der Waals surface area contributed by atoms with Crippen LogP contribution in [0.4, 0.5) is 0 Å². The monoisotopic (exact) mass is 263 g/mol. The lowest BCUT2D eigenvalue weighted by atomic mass is 10.1. The lowest BCUT2D eigenvalue weighted by molar-refractivity contribution is 0.0694. The van der Waals surface area contributed by atoms with Gasteiger partial charge in [0.05, 0.1) is 16.4 Å². The van der Waals surface area contributed by atoms with Gasteiger partial charge in [0, 0.05) is 6.20 Å². The van der Waals surface area contributed by atoms with Crippen molar-refractivity contribution in [3.63, 3.8) is 0 Å². The molecule has 0 unspecified atom stereocenters. The molecule has 1 N–H and O–H groups in total. The van der Waals surface area contributed by atoms with Crippen LogP contribution in [0, 0.1) is 13.8 Å². The lowest BCUT2D eigenvalue weighted by Gasteiger charge is -2.07. The average Bonchev–Trinajstić information content (AvgIpc) is 2.27. The van der Waals surface area contributed by atoms with E-state index in [0.29, 0.717) is 27.9 Å². The van der Waals surface area contributed by atoms with E-state index in [1.807, 2.05) is 0 Å². The van der Waals surface area contributed by atoms with Gasteiger partial charge in [0.25, 0.3) is 0 Å². The predicted octanol–water partition coefficient (Wildman–Crippen LogP) is 2.51. The van der Waals surface area contributed by atoms with Crippen LogP contribution in [0.2, 0.25) is 5.02 Å². The zero-order valence-electron chi connectivity index (χ0n) is 9.81. The first-order chi connectivity index (χ1) is 8.50. The fourth-order valence-corrected chi connectivity index (χ4v) is 1.89. The van der Waals surface area contributed by atoms with Gasteiger partial charge in [-0.2, -0.15) is 0 Å². The summed E-state index contributed by atoms with van der Waals surface area (Å²) < 4.78 is 0. The third-order valence-electron chi connectivity index (χ3n) is 2.45. The van der Waals surface area contributed by atoms with Gasteiger partial charge in [0.2, 0.25) is 0 Å². The second-order valence-electron chi connectivity index (χ2n) is 3.73. The molecule has 5 nitrogen and oxygen atoms in total. The zero-order chi connectivity index (χ0) is 13.3. The van der Waals surface area contributed by atoms with Crippen LogP contribution < -0.4 is 0 Å². The summed E-state index contributed by atoms with van der Waals surface area (Å²) in [5, 5.41) is 9.47. The summed E-state index contributed by atoms with van der Waals surface area (Å²) in [5.74, 6) is -0.704. The van der Waals surface area contributed by atoms with Crippen molar-refractivity contribution in [3.8, 4) is 11.5 Å². The molecule has 18 heavy (non-hydrogen) atoms. The molecule has 0 radical (unpaired) electrons. The fraction of sp³-hybridized carbons (Fsp3) is 0.167. The second kappa shape index (κ2) is 4.70. The molecular formula is C12H10ClN3O2. The SMILES string of the molecule is Cc1nc(-c2ncccc2Cl)nc(C)c1C(=O)O. The van der Waals surface area contributed by atoms with Crippen LogP contribution in [0.1, 0.15) is 21.7 Å². The Labute approximate surface area is 109 Å². The molecular weight excluding hydrogens is 254 g/mol. The van der Waals surface area contributed by atoms with E-state index in [9.17, 15) is 4.79 Å². The number of carboxylic acid groups (broad SMARTS) is 1. The molecule has 0 bridgehead atoms. The highest BCUT2D eigenvalue weighted by atomic mass is 35.5. The lowest BCUT2D eigenvalue weighted by Crippen LogP contribution is -2.09. The van der Waals surface area contributed by atoms with Crippen LogP contribution in [0.25, 0.3) is 11.5 Å². The normalized spacial score (nSPS) is 10.4. The second-order valence-corrected chi connectivity index (χ2v) is 4.14. The van der Waals surface area contributed by atoms with Gasteiger partial charge in [-0.05, 0) is 26.0 Å². The number of carboxylic acids is 1. The summed E-state index contributed by atoms with van der Waals surface area (Å²) in [5.41, 5.74) is 1.35. The molecule has 0 atom stereocenters. The van der Waals surface area contributed by atoms with E-state index < -0.39 is 5.97 Å². The Bertz CT molecular complexity index is 605. The number of hydrogen-bond donors (Lipinski definition) is 1. The van der Waals surface area contributed by atoms with E-state index in [4.69, 9.17) is 16.7 Å². The smallest absolute Gasteiger partial charge is 0.339 e.